The van der Waals surface area contributed by atoms with E-state index in [0.717, 1.165) is 28.6 Å². The quantitative estimate of drug-likeness (QED) is 0.749. The number of hydrogen-bond acceptors (Lipinski definition) is 4. The number of aromatic nitrogens is 3. The van der Waals surface area contributed by atoms with Gasteiger partial charge in [-0.1, -0.05) is 25.1 Å². The van der Waals surface area contributed by atoms with E-state index < -0.39 is 0 Å². The molecule has 2 heterocycles. The molecule has 3 aromatic rings. The van der Waals surface area contributed by atoms with Crippen molar-refractivity contribution in [2.75, 3.05) is 12.4 Å². The maximum Gasteiger partial charge on any atom is 0.320 e. The van der Waals surface area contributed by atoms with Gasteiger partial charge in [-0.3, -0.25) is 10.00 Å². The highest BCUT2D eigenvalue weighted by molar-refractivity contribution is 5.89. The third-order valence-electron chi connectivity index (χ3n) is 3.96. The van der Waals surface area contributed by atoms with Crippen molar-refractivity contribution in [2.24, 2.45) is 7.05 Å². The average Bonchev–Trinajstić information content (AvgIpc) is 2.99. The molecule has 2 aromatic heterocycles. The van der Waals surface area contributed by atoms with E-state index in [1.54, 1.807) is 18.8 Å². The SMILES string of the molecule is CCc1cc(NC(=O)NCc2cc(OC)nc3ccccc23)n(C)n1. The zero-order valence-electron chi connectivity index (χ0n) is 14.5. The van der Waals surface area contributed by atoms with Crippen LogP contribution >= 0.6 is 0 Å². The number of para-hydroxylation sites is 1. The molecule has 0 atom stereocenters. The highest BCUT2D eigenvalue weighted by Gasteiger charge is 2.10. The average molecular weight is 339 g/mol. The van der Waals surface area contributed by atoms with Crippen LogP contribution in [0.4, 0.5) is 10.6 Å². The second-order valence-corrected chi connectivity index (χ2v) is 5.65. The predicted octanol–water partition coefficient (Wildman–Crippen LogP) is 2.86. The third kappa shape index (κ3) is 3.71. The number of carbonyl (C=O) groups is 1. The summed E-state index contributed by atoms with van der Waals surface area (Å²) < 4.78 is 6.90. The Kier molecular flexibility index (Phi) is 4.83. The van der Waals surface area contributed by atoms with Gasteiger partial charge in [0, 0.05) is 31.1 Å². The van der Waals surface area contributed by atoms with Crippen molar-refractivity contribution in [3.05, 3.63) is 47.7 Å². The Bertz CT molecular complexity index is 904. The Labute approximate surface area is 146 Å². The summed E-state index contributed by atoms with van der Waals surface area (Å²) in [7, 11) is 3.38. The number of nitrogens with zero attached hydrogens (tertiary/aromatic N) is 3. The van der Waals surface area contributed by atoms with Crippen molar-refractivity contribution in [1.82, 2.24) is 20.1 Å². The molecule has 7 heteroatoms. The Balaban J connectivity index is 1.73. The van der Waals surface area contributed by atoms with Gasteiger partial charge in [0.2, 0.25) is 5.88 Å². The molecule has 1 aromatic carbocycles. The van der Waals surface area contributed by atoms with Gasteiger partial charge >= 0.3 is 6.03 Å². The van der Waals surface area contributed by atoms with Gasteiger partial charge in [0.1, 0.15) is 5.82 Å². The number of aryl methyl sites for hydroxylation is 2. The minimum Gasteiger partial charge on any atom is -0.481 e. The lowest BCUT2D eigenvalue weighted by atomic mass is 10.1. The maximum absolute atomic E-state index is 12.2. The Morgan fingerprint density at radius 1 is 1.28 bits per heavy atom. The molecule has 0 aliphatic rings. The first-order chi connectivity index (χ1) is 12.1. The van der Waals surface area contributed by atoms with Crippen LogP contribution in [-0.2, 0) is 20.0 Å². The molecule has 25 heavy (non-hydrogen) atoms. The molecule has 0 bridgehead atoms. The lowest BCUT2D eigenvalue weighted by Gasteiger charge is -2.11. The number of benzene rings is 1. The highest BCUT2D eigenvalue weighted by atomic mass is 16.5. The summed E-state index contributed by atoms with van der Waals surface area (Å²) in [6, 6.07) is 11.2. The van der Waals surface area contributed by atoms with Crippen LogP contribution < -0.4 is 15.4 Å². The third-order valence-corrected chi connectivity index (χ3v) is 3.96. The first kappa shape index (κ1) is 16.8. The first-order valence-electron chi connectivity index (χ1n) is 8.11. The number of ether oxygens (including phenoxy) is 1. The number of amides is 2. The van der Waals surface area contributed by atoms with Crippen LogP contribution in [0.5, 0.6) is 5.88 Å². The number of carbonyl (C=O) groups excluding carboxylic acids is 1. The van der Waals surface area contributed by atoms with Crippen molar-refractivity contribution in [2.45, 2.75) is 19.9 Å². The van der Waals surface area contributed by atoms with E-state index >= 15 is 0 Å². The zero-order valence-corrected chi connectivity index (χ0v) is 14.5. The van der Waals surface area contributed by atoms with Gasteiger partial charge < -0.3 is 10.1 Å². The van der Waals surface area contributed by atoms with Crippen LogP contribution in [0.1, 0.15) is 18.2 Å². The summed E-state index contributed by atoms with van der Waals surface area (Å²) in [6.07, 6.45) is 0.819. The molecule has 3 rings (SSSR count). The van der Waals surface area contributed by atoms with Gasteiger partial charge in [0.05, 0.1) is 18.3 Å². The molecule has 0 saturated heterocycles. The fourth-order valence-corrected chi connectivity index (χ4v) is 2.62. The number of nitrogens with one attached hydrogen (secondary N) is 2. The summed E-state index contributed by atoms with van der Waals surface area (Å²) in [6.45, 7) is 2.39. The van der Waals surface area contributed by atoms with Crippen LogP contribution in [0, 0.1) is 0 Å². The molecule has 0 unspecified atom stereocenters. The lowest BCUT2D eigenvalue weighted by Crippen LogP contribution is -2.29. The smallest absolute Gasteiger partial charge is 0.320 e. The van der Waals surface area contributed by atoms with Crippen LogP contribution in [0.25, 0.3) is 10.9 Å². The molecule has 0 saturated carbocycles. The summed E-state index contributed by atoms with van der Waals surface area (Å²) in [5, 5.41) is 11.0. The Morgan fingerprint density at radius 3 is 2.80 bits per heavy atom. The molecule has 7 nitrogen and oxygen atoms in total. The van der Waals surface area contributed by atoms with Gasteiger partial charge in [-0.2, -0.15) is 5.10 Å². The summed E-state index contributed by atoms with van der Waals surface area (Å²) >= 11 is 0. The molecule has 2 amide bonds. The number of pyridine rings is 1. The van der Waals surface area contributed by atoms with E-state index in [2.05, 4.69) is 20.7 Å². The summed E-state index contributed by atoms with van der Waals surface area (Å²) in [5.74, 6) is 1.18. The van der Waals surface area contributed by atoms with E-state index in [-0.39, 0.29) is 6.03 Å². The van der Waals surface area contributed by atoms with Crippen molar-refractivity contribution in [3.63, 3.8) is 0 Å². The normalized spacial score (nSPS) is 10.7. The summed E-state index contributed by atoms with van der Waals surface area (Å²) in [4.78, 5) is 16.6. The van der Waals surface area contributed by atoms with Crippen molar-refractivity contribution >= 4 is 22.8 Å². The molecule has 0 radical (unpaired) electrons. The van der Waals surface area contributed by atoms with Gasteiger partial charge in [0.15, 0.2) is 0 Å². The molecule has 130 valence electrons. The fourth-order valence-electron chi connectivity index (χ4n) is 2.62. The van der Waals surface area contributed by atoms with Gasteiger partial charge in [-0.05, 0) is 18.1 Å². The molecule has 0 spiro atoms. The monoisotopic (exact) mass is 339 g/mol. The zero-order chi connectivity index (χ0) is 17.8. The van der Waals surface area contributed by atoms with Crippen LogP contribution in [0.2, 0.25) is 0 Å². The number of fused-ring (bicyclic) bond motifs is 1. The highest BCUT2D eigenvalue weighted by Crippen LogP contribution is 2.21. The lowest BCUT2D eigenvalue weighted by molar-refractivity contribution is 0.251. The van der Waals surface area contributed by atoms with E-state index in [9.17, 15) is 4.79 Å². The van der Waals surface area contributed by atoms with E-state index in [1.807, 2.05) is 43.3 Å². The molecule has 2 N–H and O–H groups in total. The number of urea groups is 1. The van der Waals surface area contributed by atoms with Gasteiger partial charge in [0.25, 0.3) is 0 Å². The molecular weight excluding hydrogens is 318 g/mol. The molecule has 0 aliphatic carbocycles. The number of anilines is 1. The topological polar surface area (TPSA) is 81.1 Å². The second kappa shape index (κ2) is 7.21. The molecule has 0 fully saturated rings. The van der Waals surface area contributed by atoms with E-state index in [4.69, 9.17) is 4.74 Å². The van der Waals surface area contributed by atoms with Gasteiger partial charge in [-0.25, -0.2) is 9.78 Å². The minimum atomic E-state index is -0.287. The largest absolute Gasteiger partial charge is 0.481 e. The standard InChI is InChI=1S/C18H21N5O2/c1-4-13-10-16(23(2)22-13)21-18(24)19-11-12-9-17(25-3)20-15-8-6-5-7-14(12)15/h5-10H,4,11H2,1-3H3,(H2,19,21,24). The molecular formula is C18H21N5O2. The van der Waals surface area contributed by atoms with Crippen molar-refractivity contribution in [1.29, 1.82) is 0 Å². The van der Waals surface area contributed by atoms with Crippen molar-refractivity contribution < 1.29 is 9.53 Å². The Morgan fingerprint density at radius 2 is 2.08 bits per heavy atom. The van der Waals surface area contributed by atoms with Crippen LogP contribution in [0.3, 0.4) is 0 Å². The fraction of sp³-hybridized carbons (Fsp3) is 0.278. The number of hydrogen-bond donors (Lipinski definition) is 2. The van der Waals surface area contributed by atoms with Crippen molar-refractivity contribution in [3.8, 4) is 5.88 Å². The van der Waals surface area contributed by atoms with E-state index in [1.165, 1.54) is 0 Å². The first-order valence-corrected chi connectivity index (χ1v) is 8.11. The maximum atomic E-state index is 12.2. The van der Waals surface area contributed by atoms with Crippen LogP contribution in [-0.4, -0.2) is 27.9 Å². The van der Waals surface area contributed by atoms with Crippen LogP contribution in [0.15, 0.2) is 36.4 Å². The summed E-state index contributed by atoms with van der Waals surface area (Å²) in [5.41, 5.74) is 2.71. The molecule has 0 aliphatic heterocycles. The minimum absolute atomic E-state index is 0.287. The van der Waals surface area contributed by atoms with E-state index in [0.29, 0.717) is 18.2 Å². The predicted molar refractivity (Wildman–Crippen MR) is 96.7 cm³/mol. The van der Waals surface area contributed by atoms with Gasteiger partial charge in [-0.15, -0.1) is 0 Å². The number of rotatable bonds is 5. The number of methoxy groups -OCH3 is 1. The second-order valence-electron chi connectivity index (χ2n) is 5.65. The Hall–Kier alpha value is -3.09.